The fourth-order valence-corrected chi connectivity index (χ4v) is 4.34. The number of aromatic nitrogens is 2. The summed E-state index contributed by atoms with van der Waals surface area (Å²) in [7, 11) is 1.13. The quantitative estimate of drug-likeness (QED) is 0.459. The van der Waals surface area contributed by atoms with Crippen molar-refractivity contribution < 1.29 is 28.9 Å². The van der Waals surface area contributed by atoms with Crippen LogP contribution in [-0.2, 0) is 38.6 Å². The predicted molar refractivity (Wildman–Crippen MR) is 119 cm³/mol. The summed E-state index contributed by atoms with van der Waals surface area (Å²) in [5.41, 5.74) is 3.94. The van der Waals surface area contributed by atoms with Crippen LogP contribution in [0.15, 0.2) is 29.1 Å². The molecule has 3 aromatic rings. The molecular weight excluding hydrogens is 428 g/mol. The predicted octanol–water partition coefficient (Wildman–Crippen LogP) is 3.60. The third-order valence-corrected chi connectivity index (χ3v) is 5.77. The lowest BCUT2D eigenvalue weighted by atomic mass is 9.97. The van der Waals surface area contributed by atoms with Gasteiger partial charge in [0.25, 0.3) is 5.56 Å². The summed E-state index contributed by atoms with van der Waals surface area (Å²) in [5.74, 6) is -0.623. The lowest BCUT2D eigenvalue weighted by Crippen LogP contribution is -2.34. The van der Waals surface area contributed by atoms with Gasteiger partial charge in [0, 0.05) is 16.5 Å². The van der Waals surface area contributed by atoms with Gasteiger partial charge >= 0.3 is 12.1 Å². The van der Waals surface area contributed by atoms with Crippen LogP contribution in [0.5, 0.6) is 5.75 Å². The Labute approximate surface area is 189 Å². The highest BCUT2D eigenvalue weighted by Crippen LogP contribution is 2.39. The minimum absolute atomic E-state index is 0.144. The average molecular weight is 452 g/mol. The van der Waals surface area contributed by atoms with Crippen molar-refractivity contribution in [1.82, 2.24) is 9.55 Å². The molecule has 5 rings (SSSR count). The molecule has 0 spiro atoms. The number of aromatic hydroxyl groups is 1. The number of pyridine rings is 2. The van der Waals surface area contributed by atoms with E-state index in [0.717, 1.165) is 23.6 Å². The molecule has 1 unspecified atom stereocenters. The zero-order chi connectivity index (χ0) is 23.9. The molecule has 172 valence electrons. The van der Waals surface area contributed by atoms with Gasteiger partial charge in [-0.25, -0.2) is 14.6 Å². The van der Waals surface area contributed by atoms with Crippen LogP contribution in [0.1, 0.15) is 49.1 Å². The van der Waals surface area contributed by atoms with E-state index in [1.165, 1.54) is 0 Å². The lowest BCUT2D eigenvalue weighted by molar-refractivity contribution is -0.159. The van der Waals surface area contributed by atoms with E-state index in [9.17, 15) is 19.5 Å². The normalized spacial score (nSPS) is 15.5. The van der Waals surface area contributed by atoms with Crippen molar-refractivity contribution in [2.24, 2.45) is 0 Å². The number of hydrogen-bond donors (Lipinski definition) is 1. The van der Waals surface area contributed by atoms with Gasteiger partial charge < -0.3 is 23.9 Å². The number of rotatable bonds is 2. The number of cyclic esters (lactones) is 1. The Morgan fingerprint density at radius 3 is 2.70 bits per heavy atom. The Morgan fingerprint density at radius 1 is 1.24 bits per heavy atom. The average Bonchev–Trinajstić information content (AvgIpc) is 3.19. The number of ether oxygens (including phenoxy) is 3. The number of phenols is 1. The third kappa shape index (κ3) is 3.49. The van der Waals surface area contributed by atoms with E-state index in [1.54, 1.807) is 28.8 Å². The number of methoxy groups -OCH3 is 1. The first-order chi connectivity index (χ1) is 15.9. The number of nitrogens with zero attached hydrogens (tertiary/aromatic N) is 2. The Balaban J connectivity index is 0.00000126. The van der Waals surface area contributed by atoms with Gasteiger partial charge in [0.1, 0.15) is 12.4 Å². The van der Waals surface area contributed by atoms with Crippen LogP contribution < -0.4 is 5.56 Å². The molecule has 0 amide bonds. The molecule has 0 aliphatic carbocycles. The first-order valence-electron chi connectivity index (χ1n) is 10.8. The minimum atomic E-state index is -1.39. The van der Waals surface area contributed by atoms with Gasteiger partial charge in [-0.05, 0) is 36.2 Å². The second-order valence-electron chi connectivity index (χ2n) is 7.39. The topological polar surface area (TPSA) is 117 Å². The van der Waals surface area contributed by atoms with Crippen molar-refractivity contribution in [3.05, 3.63) is 56.9 Å². The Kier molecular flexibility index (Phi) is 5.80. The molecule has 2 aliphatic heterocycles. The molecule has 0 saturated carbocycles. The SMILES string of the molecule is CC.CCc1c2c(nc3ccc(O)cc13)-c1cc3c(c(=O)n1C2)COC(=O)C3OC(=O)OC. The zero-order valence-corrected chi connectivity index (χ0v) is 18.8. The molecule has 0 radical (unpaired) electrons. The number of fused-ring (bicyclic) bond motifs is 5. The fraction of sp³-hybridized carbons (Fsp3) is 0.333. The molecule has 0 bridgehead atoms. The van der Waals surface area contributed by atoms with Crippen LogP contribution >= 0.6 is 0 Å². The summed E-state index contributed by atoms with van der Waals surface area (Å²) in [6, 6.07) is 6.62. The van der Waals surface area contributed by atoms with Crippen LogP contribution in [0.3, 0.4) is 0 Å². The van der Waals surface area contributed by atoms with E-state index in [2.05, 4.69) is 4.74 Å². The number of aryl methyl sites for hydroxylation is 1. The van der Waals surface area contributed by atoms with E-state index in [0.29, 0.717) is 29.9 Å². The summed E-state index contributed by atoms with van der Waals surface area (Å²) in [6.07, 6.45) is -1.75. The molecule has 0 fully saturated rings. The van der Waals surface area contributed by atoms with Crippen LogP contribution in [0.2, 0.25) is 0 Å². The summed E-state index contributed by atoms with van der Waals surface area (Å²) >= 11 is 0. The van der Waals surface area contributed by atoms with Crippen molar-refractivity contribution in [1.29, 1.82) is 0 Å². The Hall–Kier alpha value is -3.88. The summed E-state index contributed by atoms with van der Waals surface area (Å²) in [4.78, 5) is 41.9. The molecule has 9 heteroatoms. The molecular formula is C24H24N2O7. The van der Waals surface area contributed by atoms with Gasteiger partial charge in [-0.1, -0.05) is 20.8 Å². The maximum absolute atomic E-state index is 13.3. The molecule has 4 heterocycles. The molecule has 1 N–H and O–H groups in total. The molecule has 1 atom stereocenters. The number of esters is 1. The van der Waals surface area contributed by atoms with E-state index in [4.69, 9.17) is 14.5 Å². The summed E-state index contributed by atoms with van der Waals surface area (Å²) in [6.45, 7) is 6.12. The second kappa shape index (κ2) is 8.57. The van der Waals surface area contributed by atoms with E-state index in [-0.39, 0.29) is 29.0 Å². The highest BCUT2D eigenvalue weighted by atomic mass is 16.7. The number of phenolic OH excluding ortho intramolecular Hbond substituents is 1. The van der Waals surface area contributed by atoms with Crippen LogP contribution in [0.25, 0.3) is 22.3 Å². The molecule has 2 aliphatic rings. The van der Waals surface area contributed by atoms with E-state index < -0.39 is 18.2 Å². The Bertz CT molecular complexity index is 1340. The zero-order valence-electron chi connectivity index (χ0n) is 18.8. The third-order valence-electron chi connectivity index (χ3n) is 5.77. The monoisotopic (exact) mass is 452 g/mol. The maximum atomic E-state index is 13.3. The van der Waals surface area contributed by atoms with Gasteiger partial charge in [-0.2, -0.15) is 0 Å². The van der Waals surface area contributed by atoms with E-state index >= 15 is 0 Å². The first-order valence-corrected chi connectivity index (χ1v) is 10.8. The van der Waals surface area contributed by atoms with Gasteiger partial charge in [0.2, 0.25) is 6.10 Å². The number of hydrogen-bond acceptors (Lipinski definition) is 8. The highest BCUT2D eigenvalue weighted by Gasteiger charge is 2.38. The molecule has 0 saturated heterocycles. The Morgan fingerprint density at radius 2 is 2.00 bits per heavy atom. The second-order valence-corrected chi connectivity index (χ2v) is 7.39. The van der Waals surface area contributed by atoms with Crippen molar-refractivity contribution in [3.8, 4) is 17.1 Å². The number of benzene rings is 1. The van der Waals surface area contributed by atoms with Crippen LogP contribution in [0, 0.1) is 0 Å². The van der Waals surface area contributed by atoms with Crippen LogP contribution in [-0.4, -0.2) is 33.9 Å². The van der Waals surface area contributed by atoms with Crippen molar-refractivity contribution >= 4 is 23.0 Å². The first kappa shape index (κ1) is 22.3. The largest absolute Gasteiger partial charge is 0.509 e. The van der Waals surface area contributed by atoms with Gasteiger partial charge in [0.15, 0.2) is 0 Å². The fourth-order valence-electron chi connectivity index (χ4n) is 4.34. The molecule has 2 aromatic heterocycles. The minimum Gasteiger partial charge on any atom is -0.508 e. The lowest BCUT2D eigenvalue weighted by Gasteiger charge is -2.24. The maximum Gasteiger partial charge on any atom is 0.509 e. The van der Waals surface area contributed by atoms with Crippen molar-refractivity contribution in [2.45, 2.75) is 46.4 Å². The van der Waals surface area contributed by atoms with Crippen LogP contribution in [0.4, 0.5) is 4.79 Å². The number of carbonyl (C=O) groups is 2. The van der Waals surface area contributed by atoms with Crippen molar-refractivity contribution in [2.75, 3.05) is 7.11 Å². The molecule has 33 heavy (non-hydrogen) atoms. The number of carbonyl (C=O) groups excluding carboxylic acids is 2. The molecule has 9 nitrogen and oxygen atoms in total. The van der Waals surface area contributed by atoms with E-state index in [1.807, 2.05) is 20.8 Å². The smallest absolute Gasteiger partial charge is 0.508 e. The molecule has 1 aromatic carbocycles. The van der Waals surface area contributed by atoms with Gasteiger partial charge in [-0.15, -0.1) is 0 Å². The summed E-state index contributed by atoms with van der Waals surface area (Å²) in [5, 5.41) is 10.8. The summed E-state index contributed by atoms with van der Waals surface area (Å²) < 4.78 is 16.2. The van der Waals surface area contributed by atoms with Gasteiger partial charge in [0.05, 0.1) is 36.1 Å². The van der Waals surface area contributed by atoms with Crippen molar-refractivity contribution in [3.63, 3.8) is 0 Å². The standard InChI is InChI=1S/C22H18N2O7.C2H6/c1-3-11-12-6-10(25)4-5-16(12)23-18-14(11)8-24-17(18)7-13-15(20(24)26)9-30-21(27)19(13)31-22(28)29-2;1-2/h4-7,19,25H,3,8-9H2,1-2H3;1-2H3. The highest BCUT2D eigenvalue weighted by molar-refractivity contribution is 5.89. The van der Waals surface area contributed by atoms with Gasteiger partial charge in [-0.3, -0.25) is 4.79 Å².